The smallest absolute Gasteiger partial charge is 0.220 e. The Morgan fingerprint density at radius 1 is 0.955 bits per heavy atom. The maximum atomic E-state index is 12.1. The average molecular weight is 306 g/mol. The summed E-state index contributed by atoms with van der Waals surface area (Å²) in [6.45, 7) is 8.84. The first-order chi connectivity index (χ1) is 10.6. The zero-order chi connectivity index (χ0) is 15.7. The van der Waals surface area contributed by atoms with E-state index in [1.807, 2.05) is 0 Å². The van der Waals surface area contributed by atoms with Crippen molar-refractivity contribution in [2.75, 3.05) is 13.1 Å². The summed E-state index contributed by atoms with van der Waals surface area (Å²) in [6.07, 6.45) is 10.8. The molecule has 0 bridgehead atoms. The third kappa shape index (κ3) is 3.20. The Labute approximate surface area is 136 Å². The zero-order valence-electron chi connectivity index (χ0n) is 14.8. The molecule has 0 aromatic carbocycles. The van der Waals surface area contributed by atoms with Gasteiger partial charge in [0.15, 0.2) is 0 Å². The molecular formula is C19H34N2O. The van der Waals surface area contributed by atoms with E-state index < -0.39 is 0 Å². The van der Waals surface area contributed by atoms with E-state index in [9.17, 15) is 4.79 Å². The van der Waals surface area contributed by atoms with Gasteiger partial charge in [0.1, 0.15) is 0 Å². The van der Waals surface area contributed by atoms with Crippen molar-refractivity contribution in [3.05, 3.63) is 0 Å². The van der Waals surface area contributed by atoms with Crippen molar-refractivity contribution in [3.8, 4) is 0 Å². The highest BCUT2D eigenvalue weighted by atomic mass is 16.2. The minimum atomic E-state index is 0.287. The van der Waals surface area contributed by atoms with E-state index in [-0.39, 0.29) is 5.91 Å². The Hall–Kier alpha value is -0.570. The highest BCUT2D eigenvalue weighted by Gasteiger charge is 2.43. The number of hydrogen-bond acceptors (Lipinski definition) is 2. The average Bonchev–Trinajstić information content (AvgIpc) is 2.49. The van der Waals surface area contributed by atoms with Crippen LogP contribution in [0.2, 0.25) is 0 Å². The van der Waals surface area contributed by atoms with Gasteiger partial charge in [-0.15, -0.1) is 0 Å². The summed E-state index contributed by atoms with van der Waals surface area (Å²) < 4.78 is 0. The van der Waals surface area contributed by atoms with Crippen LogP contribution in [0, 0.1) is 11.8 Å². The third-order valence-electron chi connectivity index (χ3n) is 6.62. The molecular weight excluding hydrogens is 272 g/mol. The molecule has 3 nitrogen and oxygen atoms in total. The largest absolute Gasteiger partial charge is 0.334 e. The van der Waals surface area contributed by atoms with Crippen LogP contribution in [0.4, 0.5) is 0 Å². The van der Waals surface area contributed by atoms with Crippen LogP contribution in [0.3, 0.4) is 0 Å². The van der Waals surface area contributed by atoms with E-state index in [1.54, 1.807) is 6.92 Å². The summed E-state index contributed by atoms with van der Waals surface area (Å²) in [7, 11) is 0. The van der Waals surface area contributed by atoms with E-state index in [2.05, 4.69) is 23.6 Å². The maximum absolute atomic E-state index is 12.1. The van der Waals surface area contributed by atoms with Gasteiger partial charge in [-0.05, 0) is 38.0 Å². The van der Waals surface area contributed by atoms with E-state index in [0.717, 1.165) is 18.4 Å². The van der Waals surface area contributed by atoms with Crippen molar-refractivity contribution in [2.45, 2.75) is 90.3 Å². The maximum Gasteiger partial charge on any atom is 0.220 e. The molecule has 3 heteroatoms. The number of carbonyl (C=O) groups is 1. The highest BCUT2D eigenvalue weighted by molar-refractivity contribution is 5.74. The molecule has 5 atom stereocenters. The monoisotopic (exact) mass is 306 g/mol. The predicted molar refractivity (Wildman–Crippen MR) is 90.7 cm³/mol. The molecule has 0 radical (unpaired) electrons. The van der Waals surface area contributed by atoms with Gasteiger partial charge in [0.25, 0.3) is 0 Å². The lowest BCUT2D eigenvalue weighted by molar-refractivity contribution is -0.142. The topological polar surface area (TPSA) is 23.6 Å². The highest BCUT2D eigenvalue weighted by Crippen LogP contribution is 2.36. The van der Waals surface area contributed by atoms with Crippen molar-refractivity contribution in [1.29, 1.82) is 0 Å². The summed E-state index contributed by atoms with van der Waals surface area (Å²) in [5.41, 5.74) is 0. The van der Waals surface area contributed by atoms with Crippen LogP contribution < -0.4 is 0 Å². The summed E-state index contributed by atoms with van der Waals surface area (Å²) in [5, 5.41) is 0. The zero-order valence-corrected chi connectivity index (χ0v) is 14.8. The Bertz CT molecular complexity index is 397. The van der Waals surface area contributed by atoms with Gasteiger partial charge in [-0.3, -0.25) is 9.69 Å². The minimum absolute atomic E-state index is 0.287. The summed E-state index contributed by atoms with van der Waals surface area (Å²) in [4.78, 5) is 17.1. The van der Waals surface area contributed by atoms with Gasteiger partial charge >= 0.3 is 0 Å². The molecule has 2 aliphatic carbocycles. The fourth-order valence-corrected chi connectivity index (χ4v) is 5.45. The standard InChI is InChI=1S/C19H34N2O/c1-14-8-4-5-9-17(14)13-20-12-15(2)21(16(3)22)19-11-7-6-10-18(19)20/h14-15,17-19H,4-13H2,1-3H3/t14?,15-,17?,18?,19?/m0/s1. The Morgan fingerprint density at radius 2 is 1.59 bits per heavy atom. The minimum Gasteiger partial charge on any atom is -0.334 e. The van der Waals surface area contributed by atoms with Crippen molar-refractivity contribution in [2.24, 2.45) is 11.8 Å². The van der Waals surface area contributed by atoms with Gasteiger partial charge in [-0.1, -0.05) is 39.0 Å². The number of hydrogen-bond donors (Lipinski definition) is 0. The molecule has 22 heavy (non-hydrogen) atoms. The molecule has 3 aliphatic rings. The first-order valence-corrected chi connectivity index (χ1v) is 9.61. The van der Waals surface area contributed by atoms with Gasteiger partial charge in [0.2, 0.25) is 5.91 Å². The normalized spacial score (nSPS) is 40.3. The second-order valence-electron chi connectivity index (χ2n) is 8.17. The van der Waals surface area contributed by atoms with Gasteiger partial charge < -0.3 is 4.90 Å². The summed E-state index contributed by atoms with van der Waals surface area (Å²) in [6, 6.07) is 1.49. The molecule has 1 saturated heterocycles. The van der Waals surface area contributed by atoms with Crippen LogP contribution in [0.25, 0.3) is 0 Å². The second-order valence-corrected chi connectivity index (χ2v) is 8.17. The number of piperazine rings is 1. The second kappa shape index (κ2) is 6.90. The molecule has 1 heterocycles. The first-order valence-electron chi connectivity index (χ1n) is 9.61. The van der Waals surface area contributed by atoms with Crippen molar-refractivity contribution >= 4 is 5.91 Å². The van der Waals surface area contributed by atoms with Crippen LogP contribution in [0.1, 0.15) is 72.1 Å². The van der Waals surface area contributed by atoms with Crippen LogP contribution in [0.15, 0.2) is 0 Å². The van der Waals surface area contributed by atoms with Crippen molar-refractivity contribution in [3.63, 3.8) is 0 Å². The van der Waals surface area contributed by atoms with Crippen LogP contribution >= 0.6 is 0 Å². The lowest BCUT2D eigenvalue weighted by atomic mass is 9.78. The molecule has 0 spiro atoms. The molecule has 0 aromatic heterocycles. The Kier molecular flexibility index (Phi) is 5.11. The lowest BCUT2D eigenvalue weighted by Gasteiger charge is -2.54. The molecule has 126 valence electrons. The number of fused-ring (bicyclic) bond motifs is 1. The first kappa shape index (κ1) is 16.3. The lowest BCUT2D eigenvalue weighted by Crippen LogP contribution is -2.65. The SMILES string of the molecule is CC(=O)N1C2CCCCC2N(CC2CCCCC2C)C[C@@H]1C. The molecule has 2 saturated carbocycles. The Morgan fingerprint density at radius 3 is 2.27 bits per heavy atom. The van der Waals surface area contributed by atoms with Crippen LogP contribution in [0.5, 0.6) is 0 Å². The number of amides is 1. The molecule has 0 aromatic rings. The molecule has 0 N–H and O–H groups in total. The number of rotatable bonds is 2. The van der Waals surface area contributed by atoms with Gasteiger partial charge in [0.05, 0.1) is 0 Å². The summed E-state index contributed by atoms with van der Waals surface area (Å²) >= 11 is 0. The van der Waals surface area contributed by atoms with E-state index in [4.69, 9.17) is 0 Å². The Balaban J connectivity index is 1.72. The van der Waals surface area contributed by atoms with Gasteiger partial charge in [-0.2, -0.15) is 0 Å². The summed E-state index contributed by atoms with van der Waals surface area (Å²) in [5.74, 6) is 2.06. The number of carbonyl (C=O) groups excluding carboxylic acids is 1. The van der Waals surface area contributed by atoms with Crippen molar-refractivity contribution < 1.29 is 4.79 Å². The van der Waals surface area contributed by atoms with E-state index in [0.29, 0.717) is 18.1 Å². The van der Waals surface area contributed by atoms with Gasteiger partial charge in [0, 0.05) is 38.1 Å². The molecule has 3 fully saturated rings. The predicted octanol–water partition coefficient (Wildman–Crippen LogP) is 3.68. The third-order valence-corrected chi connectivity index (χ3v) is 6.62. The molecule has 1 amide bonds. The van der Waals surface area contributed by atoms with Gasteiger partial charge in [-0.25, -0.2) is 0 Å². The fraction of sp³-hybridized carbons (Fsp3) is 0.947. The molecule has 1 aliphatic heterocycles. The van der Waals surface area contributed by atoms with Crippen LogP contribution in [-0.4, -0.2) is 46.9 Å². The number of nitrogens with zero attached hydrogens (tertiary/aromatic N) is 2. The molecule has 3 rings (SSSR count). The van der Waals surface area contributed by atoms with E-state index >= 15 is 0 Å². The van der Waals surface area contributed by atoms with Crippen LogP contribution in [-0.2, 0) is 4.79 Å². The fourth-order valence-electron chi connectivity index (χ4n) is 5.45. The van der Waals surface area contributed by atoms with Crippen molar-refractivity contribution in [1.82, 2.24) is 9.80 Å². The molecule has 4 unspecified atom stereocenters. The quantitative estimate of drug-likeness (QED) is 0.777. The van der Waals surface area contributed by atoms with E-state index in [1.165, 1.54) is 57.9 Å².